The fourth-order valence-electron chi connectivity index (χ4n) is 2.83. The third-order valence-electron chi connectivity index (χ3n) is 3.82. The zero-order valence-electron chi connectivity index (χ0n) is 10.4. The highest BCUT2D eigenvalue weighted by molar-refractivity contribution is 9.10. The van der Waals surface area contributed by atoms with Crippen LogP contribution in [0.4, 0.5) is 4.39 Å². The van der Waals surface area contributed by atoms with Crippen LogP contribution in [0.25, 0.3) is 0 Å². The first-order valence-corrected chi connectivity index (χ1v) is 7.12. The minimum absolute atomic E-state index is 0.271. The van der Waals surface area contributed by atoms with E-state index in [9.17, 15) is 9.50 Å². The molecule has 1 aliphatic rings. The van der Waals surface area contributed by atoms with Crippen molar-refractivity contribution in [2.75, 3.05) is 0 Å². The molecule has 1 atom stereocenters. The van der Waals surface area contributed by atoms with Crippen molar-refractivity contribution in [3.8, 4) is 0 Å². The lowest BCUT2D eigenvalue weighted by molar-refractivity contribution is 0.0381. The topological polar surface area (TPSA) is 20.2 Å². The van der Waals surface area contributed by atoms with E-state index in [0.29, 0.717) is 22.9 Å². The molecular formula is C16H14BrFO. The second-order valence-corrected chi connectivity index (χ2v) is 6.02. The third-order valence-corrected chi connectivity index (χ3v) is 4.32. The molecule has 1 N–H and O–H groups in total. The highest BCUT2D eigenvalue weighted by atomic mass is 79.9. The van der Waals surface area contributed by atoms with E-state index in [1.165, 1.54) is 11.6 Å². The van der Waals surface area contributed by atoms with Gasteiger partial charge in [0.05, 0.1) is 5.60 Å². The smallest absolute Gasteiger partial charge is 0.127 e. The lowest BCUT2D eigenvalue weighted by Crippen LogP contribution is -2.25. The van der Waals surface area contributed by atoms with Crippen LogP contribution in [0.5, 0.6) is 0 Å². The van der Waals surface area contributed by atoms with E-state index in [0.717, 1.165) is 12.0 Å². The predicted octanol–water partition coefficient (Wildman–Crippen LogP) is 3.96. The first kappa shape index (κ1) is 12.8. The van der Waals surface area contributed by atoms with E-state index in [-0.39, 0.29) is 5.82 Å². The summed E-state index contributed by atoms with van der Waals surface area (Å²) in [6.07, 6.45) is 1.83. The van der Waals surface area contributed by atoms with Gasteiger partial charge in [-0.15, -0.1) is 0 Å². The van der Waals surface area contributed by atoms with Crippen LogP contribution in [-0.2, 0) is 18.4 Å². The first-order chi connectivity index (χ1) is 9.08. The summed E-state index contributed by atoms with van der Waals surface area (Å²) >= 11 is 3.25. The number of aryl methyl sites for hydroxylation is 1. The maximum atomic E-state index is 13.9. The Morgan fingerprint density at radius 1 is 1.21 bits per heavy atom. The second-order valence-electron chi connectivity index (χ2n) is 5.10. The van der Waals surface area contributed by atoms with Crippen molar-refractivity contribution >= 4 is 15.9 Å². The minimum Gasteiger partial charge on any atom is -0.385 e. The molecule has 19 heavy (non-hydrogen) atoms. The molecule has 0 fully saturated rings. The molecular weight excluding hydrogens is 307 g/mol. The number of fused-ring (bicyclic) bond motifs is 1. The minimum atomic E-state index is -0.939. The standard InChI is InChI=1S/C16H14BrFO/c17-13-6-5-12(15(18)9-13)10-16(19)8-7-11-3-1-2-4-14(11)16/h1-6,9,19H,7-8,10H2. The molecule has 0 heterocycles. The average Bonchev–Trinajstić information content (AvgIpc) is 2.72. The van der Waals surface area contributed by atoms with Gasteiger partial charge in [-0.25, -0.2) is 4.39 Å². The quantitative estimate of drug-likeness (QED) is 0.887. The number of hydrogen-bond acceptors (Lipinski definition) is 1. The molecule has 0 amide bonds. The van der Waals surface area contributed by atoms with E-state index in [1.54, 1.807) is 6.07 Å². The molecule has 0 saturated heterocycles. The molecule has 1 unspecified atom stereocenters. The summed E-state index contributed by atoms with van der Waals surface area (Å²) in [5.41, 5.74) is 1.73. The van der Waals surface area contributed by atoms with Crippen LogP contribution in [0.2, 0.25) is 0 Å². The SMILES string of the molecule is OC1(Cc2ccc(Br)cc2F)CCc2ccccc21. The lowest BCUT2D eigenvalue weighted by Gasteiger charge is -2.24. The Balaban J connectivity index is 1.95. The fourth-order valence-corrected chi connectivity index (χ4v) is 3.17. The number of rotatable bonds is 2. The van der Waals surface area contributed by atoms with Gasteiger partial charge in [0.2, 0.25) is 0 Å². The zero-order chi connectivity index (χ0) is 13.5. The number of aliphatic hydroxyl groups is 1. The van der Waals surface area contributed by atoms with E-state index in [4.69, 9.17) is 0 Å². The second kappa shape index (κ2) is 4.73. The molecule has 2 aromatic rings. The maximum Gasteiger partial charge on any atom is 0.127 e. The Kier molecular flexibility index (Phi) is 3.19. The molecule has 0 aromatic heterocycles. The van der Waals surface area contributed by atoms with E-state index in [1.807, 2.05) is 30.3 Å². The zero-order valence-corrected chi connectivity index (χ0v) is 12.0. The van der Waals surface area contributed by atoms with Crippen molar-refractivity contribution in [1.29, 1.82) is 0 Å². The molecule has 0 radical (unpaired) electrons. The van der Waals surface area contributed by atoms with Gasteiger partial charge in [-0.1, -0.05) is 46.3 Å². The maximum absolute atomic E-state index is 13.9. The summed E-state index contributed by atoms with van der Waals surface area (Å²) in [6, 6.07) is 12.9. The summed E-state index contributed by atoms with van der Waals surface area (Å²) in [7, 11) is 0. The summed E-state index contributed by atoms with van der Waals surface area (Å²) < 4.78 is 14.6. The Morgan fingerprint density at radius 2 is 2.00 bits per heavy atom. The van der Waals surface area contributed by atoms with Crippen molar-refractivity contribution in [3.63, 3.8) is 0 Å². The third kappa shape index (κ3) is 2.33. The van der Waals surface area contributed by atoms with Gasteiger partial charge in [0, 0.05) is 10.9 Å². The molecule has 0 spiro atoms. The van der Waals surface area contributed by atoms with Crippen LogP contribution >= 0.6 is 15.9 Å². The van der Waals surface area contributed by atoms with Gasteiger partial charge in [0.15, 0.2) is 0 Å². The normalized spacial score (nSPS) is 21.4. The molecule has 0 aliphatic heterocycles. The van der Waals surface area contributed by atoms with Gasteiger partial charge in [-0.2, -0.15) is 0 Å². The van der Waals surface area contributed by atoms with Gasteiger partial charge in [0.1, 0.15) is 5.82 Å². The lowest BCUT2D eigenvalue weighted by atomic mass is 9.88. The molecule has 3 heteroatoms. The van der Waals surface area contributed by atoms with Crippen molar-refractivity contribution in [1.82, 2.24) is 0 Å². The number of hydrogen-bond donors (Lipinski definition) is 1. The van der Waals surface area contributed by atoms with Crippen molar-refractivity contribution in [2.24, 2.45) is 0 Å². The van der Waals surface area contributed by atoms with Crippen molar-refractivity contribution in [3.05, 3.63) is 69.4 Å². The first-order valence-electron chi connectivity index (χ1n) is 6.33. The van der Waals surface area contributed by atoms with Crippen molar-refractivity contribution in [2.45, 2.75) is 24.9 Å². The molecule has 1 aliphatic carbocycles. The van der Waals surface area contributed by atoms with Crippen LogP contribution in [0.3, 0.4) is 0 Å². The summed E-state index contributed by atoms with van der Waals surface area (Å²) in [6.45, 7) is 0. The average molecular weight is 321 g/mol. The van der Waals surface area contributed by atoms with Crippen LogP contribution in [-0.4, -0.2) is 5.11 Å². The monoisotopic (exact) mass is 320 g/mol. The fraction of sp³-hybridized carbons (Fsp3) is 0.250. The van der Waals surface area contributed by atoms with Gasteiger partial charge in [0.25, 0.3) is 0 Å². The Morgan fingerprint density at radius 3 is 2.79 bits per heavy atom. The molecule has 0 bridgehead atoms. The van der Waals surface area contributed by atoms with Crippen LogP contribution in [0, 0.1) is 5.82 Å². The molecule has 2 aromatic carbocycles. The van der Waals surface area contributed by atoms with Crippen LogP contribution in [0.1, 0.15) is 23.1 Å². The van der Waals surface area contributed by atoms with Gasteiger partial charge >= 0.3 is 0 Å². The summed E-state index contributed by atoms with van der Waals surface area (Å²) in [5.74, 6) is -0.271. The Hall–Kier alpha value is -1.19. The highest BCUT2D eigenvalue weighted by Gasteiger charge is 2.36. The predicted molar refractivity (Wildman–Crippen MR) is 76.5 cm³/mol. The van der Waals surface area contributed by atoms with Gasteiger partial charge in [-0.3, -0.25) is 0 Å². The van der Waals surface area contributed by atoms with Gasteiger partial charge < -0.3 is 5.11 Å². The number of benzene rings is 2. The molecule has 1 nitrogen and oxygen atoms in total. The van der Waals surface area contributed by atoms with Gasteiger partial charge in [-0.05, 0) is 41.7 Å². The Bertz CT molecular complexity index is 626. The summed E-state index contributed by atoms with van der Waals surface area (Å²) in [5, 5.41) is 10.8. The highest BCUT2D eigenvalue weighted by Crippen LogP contribution is 2.39. The van der Waals surface area contributed by atoms with Crippen LogP contribution in [0.15, 0.2) is 46.9 Å². The van der Waals surface area contributed by atoms with Crippen LogP contribution < -0.4 is 0 Å². The van der Waals surface area contributed by atoms with E-state index < -0.39 is 5.60 Å². The Labute approximate surface area is 120 Å². The van der Waals surface area contributed by atoms with Crippen molar-refractivity contribution < 1.29 is 9.50 Å². The molecule has 3 rings (SSSR count). The van der Waals surface area contributed by atoms with E-state index >= 15 is 0 Å². The summed E-state index contributed by atoms with van der Waals surface area (Å²) in [4.78, 5) is 0. The molecule has 0 saturated carbocycles. The number of halogens is 2. The molecule has 98 valence electrons. The largest absolute Gasteiger partial charge is 0.385 e. The van der Waals surface area contributed by atoms with E-state index in [2.05, 4.69) is 15.9 Å².